The molecule has 3 aromatic carbocycles. The number of halogens is 2. The molecule has 3 aromatic rings. The average Bonchev–Trinajstić information content (AvgIpc) is 2.83. The Morgan fingerprint density at radius 1 is 0.848 bits per heavy atom. The van der Waals surface area contributed by atoms with Gasteiger partial charge in [-0.05, 0) is 85.3 Å². The van der Waals surface area contributed by atoms with Gasteiger partial charge in [0.1, 0.15) is 17.4 Å². The monoisotopic (exact) mass is 449 g/mol. The SMILES string of the molecule is CCCCOc1ccc([C@@H]2C(CCCc3ccc(F)cc3)C(=O)N2c2ccc(F)cc2)cc1. The summed E-state index contributed by atoms with van der Waals surface area (Å²) in [6.45, 7) is 2.81. The molecule has 1 amide bonds. The molecule has 33 heavy (non-hydrogen) atoms. The van der Waals surface area contributed by atoms with E-state index in [1.807, 2.05) is 24.3 Å². The van der Waals surface area contributed by atoms with Crippen LogP contribution in [0.1, 0.15) is 49.8 Å². The fraction of sp³-hybridized carbons (Fsp3) is 0.321. The first-order chi connectivity index (χ1) is 16.1. The molecule has 3 nitrogen and oxygen atoms in total. The van der Waals surface area contributed by atoms with Gasteiger partial charge in [0.15, 0.2) is 0 Å². The van der Waals surface area contributed by atoms with E-state index in [2.05, 4.69) is 6.92 Å². The van der Waals surface area contributed by atoms with Crippen LogP contribution in [0.2, 0.25) is 0 Å². The van der Waals surface area contributed by atoms with Gasteiger partial charge in [0, 0.05) is 5.69 Å². The van der Waals surface area contributed by atoms with Gasteiger partial charge in [0.25, 0.3) is 0 Å². The number of hydrogen-bond acceptors (Lipinski definition) is 2. The minimum Gasteiger partial charge on any atom is -0.494 e. The van der Waals surface area contributed by atoms with E-state index < -0.39 is 0 Å². The molecule has 0 N–H and O–H groups in total. The molecular weight excluding hydrogens is 420 g/mol. The third-order valence-corrected chi connectivity index (χ3v) is 6.20. The van der Waals surface area contributed by atoms with Crippen molar-refractivity contribution in [3.8, 4) is 5.75 Å². The molecule has 1 saturated heterocycles. The molecule has 0 spiro atoms. The largest absolute Gasteiger partial charge is 0.494 e. The summed E-state index contributed by atoms with van der Waals surface area (Å²) in [5, 5.41) is 0. The highest BCUT2D eigenvalue weighted by Crippen LogP contribution is 2.46. The van der Waals surface area contributed by atoms with Crippen molar-refractivity contribution < 1.29 is 18.3 Å². The molecule has 5 heteroatoms. The van der Waals surface area contributed by atoms with Crippen LogP contribution in [-0.2, 0) is 11.2 Å². The minimum absolute atomic E-state index is 0.0500. The number of rotatable bonds is 10. The average molecular weight is 450 g/mol. The zero-order valence-corrected chi connectivity index (χ0v) is 18.8. The summed E-state index contributed by atoms with van der Waals surface area (Å²) in [5.41, 5.74) is 2.79. The van der Waals surface area contributed by atoms with Crippen LogP contribution in [0, 0.1) is 17.6 Å². The van der Waals surface area contributed by atoms with Crippen molar-refractivity contribution in [1.82, 2.24) is 0 Å². The van der Waals surface area contributed by atoms with Crippen LogP contribution >= 0.6 is 0 Å². The lowest BCUT2D eigenvalue weighted by Gasteiger charge is -2.47. The summed E-state index contributed by atoms with van der Waals surface area (Å²) >= 11 is 0. The first kappa shape index (κ1) is 23.0. The lowest BCUT2D eigenvalue weighted by atomic mass is 9.78. The Balaban J connectivity index is 1.49. The van der Waals surface area contributed by atoms with Gasteiger partial charge in [-0.3, -0.25) is 4.79 Å². The van der Waals surface area contributed by atoms with E-state index >= 15 is 0 Å². The van der Waals surface area contributed by atoms with Gasteiger partial charge >= 0.3 is 0 Å². The van der Waals surface area contributed by atoms with Crippen LogP contribution in [0.5, 0.6) is 5.75 Å². The second-order valence-corrected chi connectivity index (χ2v) is 8.53. The minimum atomic E-state index is -0.326. The van der Waals surface area contributed by atoms with Crippen LogP contribution in [0.4, 0.5) is 14.5 Å². The Kier molecular flexibility index (Phi) is 7.38. The number of unbranched alkanes of at least 4 members (excludes halogenated alkanes) is 1. The lowest BCUT2D eigenvalue weighted by molar-refractivity contribution is -0.130. The number of carbonyl (C=O) groups excluding carboxylic acids is 1. The van der Waals surface area contributed by atoms with E-state index in [1.54, 1.807) is 29.2 Å². The quantitative estimate of drug-likeness (QED) is 0.250. The first-order valence-corrected chi connectivity index (χ1v) is 11.6. The van der Waals surface area contributed by atoms with Crippen LogP contribution in [0.3, 0.4) is 0 Å². The topological polar surface area (TPSA) is 29.5 Å². The fourth-order valence-corrected chi connectivity index (χ4v) is 4.37. The Morgan fingerprint density at radius 2 is 1.48 bits per heavy atom. The molecule has 4 rings (SSSR count). The van der Waals surface area contributed by atoms with Crippen molar-refractivity contribution in [3.63, 3.8) is 0 Å². The summed E-state index contributed by atoms with van der Waals surface area (Å²) < 4.78 is 32.4. The number of hydrogen-bond donors (Lipinski definition) is 0. The van der Waals surface area contributed by atoms with Gasteiger partial charge in [-0.15, -0.1) is 0 Å². The van der Waals surface area contributed by atoms with Crippen molar-refractivity contribution in [2.45, 2.75) is 45.1 Å². The van der Waals surface area contributed by atoms with Gasteiger partial charge in [-0.1, -0.05) is 37.6 Å². The Bertz CT molecular complexity index is 1050. The number of amides is 1. The van der Waals surface area contributed by atoms with Gasteiger partial charge in [0.2, 0.25) is 5.91 Å². The summed E-state index contributed by atoms with van der Waals surface area (Å²) in [6, 6.07) is 20.4. The maximum absolute atomic E-state index is 13.4. The van der Waals surface area contributed by atoms with Gasteiger partial charge in [-0.25, -0.2) is 8.78 Å². The normalized spacial score (nSPS) is 17.7. The number of aryl methyl sites for hydroxylation is 1. The molecule has 0 aliphatic carbocycles. The second-order valence-electron chi connectivity index (χ2n) is 8.53. The zero-order chi connectivity index (χ0) is 23.2. The molecule has 1 aliphatic rings. The molecule has 0 bridgehead atoms. The number of benzene rings is 3. The third kappa shape index (κ3) is 5.41. The molecule has 0 radical (unpaired) electrons. The molecule has 1 aliphatic heterocycles. The predicted octanol–water partition coefficient (Wildman–Crippen LogP) is 6.87. The van der Waals surface area contributed by atoms with E-state index in [1.165, 1.54) is 24.3 Å². The second kappa shape index (κ2) is 10.6. The highest BCUT2D eigenvalue weighted by Gasteiger charge is 2.48. The summed E-state index contributed by atoms with van der Waals surface area (Å²) in [5.74, 6) is 0.146. The lowest BCUT2D eigenvalue weighted by Crippen LogP contribution is -2.55. The van der Waals surface area contributed by atoms with Gasteiger partial charge in [-0.2, -0.15) is 0 Å². The van der Waals surface area contributed by atoms with Crippen molar-refractivity contribution in [2.24, 2.45) is 5.92 Å². The van der Waals surface area contributed by atoms with E-state index in [0.717, 1.165) is 49.0 Å². The summed E-state index contributed by atoms with van der Waals surface area (Å²) in [4.78, 5) is 14.9. The van der Waals surface area contributed by atoms with Crippen LogP contribution in [0.25, 0.3) is 0 Å². The molecule has 1 fully saturated rings. The smallest absolute Gasteiger partial charge is 0.233 e. The van der Waals surface area contributed by atoms with Crippen molar-refractivity contribution in [1.29, 1.82) is 0 Å². The number of β-lactam (4-membered cyclic amide) rings is 1. The predicted molar refractivity (Wildman–Crippen MR) is 126 cm³/mol. The van der Waals surface area contributed by atoms with E-state index in [-0.39, 0.29) is 29.5 Å². The highest BCUT2D eigenvalue weighted by molar-refractivity contribution is 6.03. The number of nitrogens with zero attached hydrogens (tertiary/aromatic N) is 1. The van der Waals surface area contributed by atoms with Gasteiger partial charge < -0.3 is 9.64 Å². The first-order valence-electron chi connectivity index (χ1n) is 11.6. The number of carbonyl (C=O) groups is 1. The van der Waals surface area contributed by atoms with Crippen molar-refractivity contribution in [3.05, 3.63) is 95.6 Å². The number of anilines is 1. The van der Waals surface area contributed by atoms with Crippen molar-refractivity contribution in [2.75, 3.05) is 11.5 Å². The maximum Gasteiger partial charge on any atom is 0.233 e. The fourth-order valence-electron chi connectivity index (χ4n) is 4.37. The Hall–Kier alpha value is -3.21. The molecule has 0 aromatic heterocycles. The number of ether oxygens (including phenoxy) is 1. The van der Waals surface area contributed by atoms with E-state index in [4.69, 9.17) is 4.74 Å². The van der Waals surface area contributed by atoms with Gasteiger partial charge in [0.05, 0.1) is 18.6 Å². The third-order valence-electron chi connectivity index (χ3n) is 6.20. The molecule has 172 valence electrons. The Morgan fingerprint density at radius 3 is 2.12 bits per heavy atom. The van der Waals surface area contributed by atoms with Crippen molar-refractivity contribution >= 4 is 11.6 Å². The molecular formula is C28H29F2NO2. The summed E-state index contributed by atoms with van der Waals surface area (Å²) in [6.07, 6.45) is 4.43. The highest BCUT2D eigenvalue weighted by atomic mass is 19.1. The molecule has 1 heterocycles. The van der Waals surface area contributed by atoms with E-state index in [9.17, 15) is 13.6 Å². The Labute approximate surface area is 194 Å². The maximum atomic E-state index is 13.4. The molecule has 0 saturated carbocycles. The van der Waals surface area contributed by atoms with Crippen LogP contribution < -0.4 is 9.64 Å². The molecule has 1 unspecified atom stereocenters. The summed E-state index contributed by atoms with van der Waals surface area (Å²) in [7, 11) is 0. The zero-order valence-electron chi connectivity index (χ0n) is 18.8. The standard InChI is InChI=1S/C28H29F2NO2/c1-2-3-19-33-25-17-9-21(10-18-25)27-26(6-4-5-20-7-11-22(29)12-8-20)28(32)31(27)24-15-13-23(30)14-16-24/h7-18,26-27H,2-6,19H2,1H3/t26?,27-/m1/s1. The van der Waals surface area contributed by atoms with Crippen LogP contribution in [0.15, 0.2) is 72.8 Å². The van der Waals surface area contributed by atoms with E-state index in [0.29, 0.717) is 12.3 Å². The van der Waals surface area contributed by atoms with Crippen LogP contribution in [-0.4, -0.2) is 12.5 Å². The molecule has 2 atom stereocenters.